The van der Waals surface area contributed by atoms with Crippen molar-refractivity contribution in [3.05, 3.63) is 102 Å². The van der Waals surface area contributed by atoms with Crippen molar-refractivity contribution < 1.29 is 9.32 Å². The molecule has 2 aromatic carbocycles. The van der Waals surface area contributed by atoms with Crippen molar-refractivity contribution in [2.75, 3.05) is 31.5 Å². The van der Waals surface area contributed by atoms with Gasteiger partial charge in [-0.2, -0.15) is 0 Å². The molecule has 0 saturated carbocycles. The van der Waals surface area contributed by atoms with Crippen LogP contribution in [0.15, 0.2) is 89.7 Å². The van der Waals surface area contributed by atoms with Crippen molar-refractivity contribution in [2.45, 2.75) is 13.1 Å². The number of amides is 1. The number of hydrogen-bond acceptors (Lipinski definition) is 6. The number of aromatic nitrogens is 2. The van der Waals surface area contributed by atoms with E-state index in [9.17, 15) is 4.79 Å². The molecule has 1 saturated heterocycles. The lowest BCUT2D eigenvalue weighted by molar-refractivity contribution is 0.101. The SMILES string of the molecule is O=C(Nc1ccc(CN2CCN(Cc3ccccc3)CC2)cc1)c1cc(-c2cccnc2)on1. The maximum Gasteiger partial charge on any atom is 0.277 e. The van der Waals surface area contributed by atoms with Gasteiger partial charge in [-0.25, -0.2) is 0 Å². The standard InChI is InChI=1S/C27H27N5O2/c33-27(25-17-26(34-30-25)23-7-4-12-28-18-23)29-24-10-8-22(9-11-24)20-32-15-13-31(14-16-32)19-21-5-2-1-3-6-21/h1-12,17-18H,13-16,19-20H2,(H,29,33). The predicted octanol–water partition coefficient (Wildman–Crippen LogP) is 4.31. The van der Waals surface area contributed by atoms with Gasteiger partial charge in [-0.1, -0.05) is 47.6 Å². The van der Waals surface area contributed by atoms with Crippen LogP contribution in [0.3, 0.4) is 0 Å². The summed E-state index contributed by atoms with van der Waals surface area (Å²) in [5.74, 6) is 0.207. The molecule has 4 aromatic rings. The predicted molar refractivity (Wildman–Crippen MR) is 131 cm³/mol. The lowest BCUT2D eigenvalue weighted by atomic mass is 10.1. The normalized spacial score (nSPS) is 14.7. The number of piperazine rings is 1. The summed E-state index contributed by atoms with van der Waals surface area (Å²) in [5, 5.41) is 6.78. The second-order valence-electron chi connectivity index (χ2n) is 8.51. The summed E-state index contributed by atoms with van der Waals surface area (Å²) >= 11 is 0. The average molecular weight is 454 g/mol. The highest BCUT2D eigenvalue weighted by Crippen LogP contribution is 2.20. The van der Waals surface area contributed by atoms with Crippen LogP contribution in [0, 0.1) is 0 Å². The number of anilines is 1. The highest BCUT2D eigenvalue weighted by atomic mass is 16.5. The summed E-state index contributed by atoms with van der Waals surface area (Å²) in [7, 11) is 0. The maximum absolute atomic E-state index is 12.6. The van der Waals surface area contributed by atoms with Gasteiger partial charge in [0, 0.05) is 69.0 Å². The van der Waals surface area contributed by atoms with Crippen LogP contribution < -0.4 is 5.32 Å². The molecular formula is C27H27N5O2. The summed E-state index contributed by atoms with van der Waals surface area (Å²) in [6.45, 7) is 6.17. The first-order valence-corrected chi connectivity index (χ1v) is 11.5. The third-order valence-electron chi connectivity index (χ3n) is 6.02. The van der Waals surface area contributed by atoms with Crippen LogP contribution in [0.25, 0.3) is 11.3 Å². The van der Waals surface area contributed by atoms with Gasteiger partial charge >= 0.3 is 0 Å². The van der Waals surface area contributed by atoms with Crippen molar-refractivity contribution >= 4 is 11.6 Å². The first-order valence-electron chi connectivity index (χ1n) is 11.5. The van der Waals surface area contributed by atoms with Crippen LogP contribution in [-0.4, -0.2) is 52.0 Å². The Bertz CT molecular complexity index is 1200. The molecule has 1 aliphatic rings. The van der Waals surface area contributed by atoms with Gasteiger partial charge in [0.25, 0.3) is 5.91 Å². The van der Waals surface area contributed by atoms with E-state index in [2.05, 4.69) is 67.7 Å². The molecule has 5 rings (SSSR count). The van der Waals surface area contributed by atoms with E-state index in [-0.39, 0.29) is 11.6 Å². The number of hydrogen-bond donors (Lipinski definition) is 1. The Balaban J connectivity index is 1.11. The second-order valence-corrected chi connectivity index (χ2v) is 8.51. The molecule has 2 aromatic heterocycles. The Morgan fingerprint density at radius 3 is 2.18 bits per heavy atom. The van der Waals surface area contributed by atoms with E-state index >= 15 is 0 Å². The van der Waals surface area contributed by atoms with Crippen LogP contribution in [0.5, 0.6) is 0 Å². The molecular weight excluding hydrogens is 426 g/mol. The minimum absolute atomic E-state index is 0.233. The van der Waals surface area contributed by atoms with Crippen molar-refractivity contribution in [1.82, 2.24) is 19.9 Å². The molecule has 1 aliphatic heterocycles. The monoisotopic (exact) mass is 453 g/mol. The van der Waals surface area contributed by atoms with Gasteiger partial charge in [-0.15, -0.1) is 0 Å². The number of pyridine rings is 1. The minimum atomic E-state index is -0.304. The molecule has 0 bridgehead atoms. The zero-order valence-corrected chi connectivity index (χ0v) is 18.9. The Hall–Kier alpha value is -3.81. The summed E-state index contributed by atoms with van der Waals surface area (Å²) < 4.78 is 5.29. The number of carbonyl (C=O) groups excluding carboxylic acids is 1. The first-order chi connectivity index (χ1) is 16.7. The van der Waals surface area contributed by atoms with Crippen molar-refractivity contribution in [3.63, 3.8) is 0 Å². The third kappa shape index (κ3) is 5.57. The van der Waals surface area contributed by atoms with Gasteiger partial charge in [0.15, 0.2) is 11.5 Å². The van der Waals surface area contributed by atoms with E-state index in [1.165, 1.54) is 11.1 Å². The van der Waals surface area contributed by atoms with Crippen LogP contribution in [0.2, 0.25) is 0 Å². The van der Waals surface area contributed by atoms with Gasteiger partial charge < -0.3 is 9.84 Å². The minimum Gasteiger partial charge on any atom is -0.355 e. The largest absolute Gasteiger partial charge is 0.355 e. The van der Waals surface area contributed by atoms with E-state index < -0.39 is 0 Å². The molecule has 7 nitrogen and oxygen atoms in total. The number of nitrogens with one attached hydrogen (secondary N) is 1. The number of benzene rings is 2. The number of nitrogens with zero attached hydrogens (tertiary/aromatic N) is 4. The lowest BCUT2D eigenvalue weighted by Crippen LogP contribution is -2.45. The second kappa shape index (κ2) is 10.4. The third-order valence-corrected chi connectivity index (χ3v) is 6.02. The fourth-order valence-corrected chi connectivity index (χ4v) is 4.12. The van der Waals surface area contributed by atoms with Crippen LogP contribution in [0.1, 0.15) is 21.6 Å². The van der Waals surface area contributed by atoms with Gasteiger partial charge in [-0.05, 0) is 35.4 Å². The van der Waals surface area contributed by atoms with Crippen LogP contribution in [0.4, 0.5) is 5.69 Å². The van der Waals surface area contributed by atoms with Gasteiger partial charge in [0.05, 0.1) is 0 Å². The Labute approximate surface area is 199 Å². The van der Waals surface area contributed by atoms with Crippen molar-refractivity contribution in [1.29, 1.82) is 0 Å². The van der Waals surface area contributed by atoms with E-state index in [1.807, 2.05) is 24.3 Å². The molecule has 1 N–H and O–H groups in total. The zero-order chi connectivity index (χ0) is 23.2. The Morgan fingerprint density at radius 1 is 0.853 bits per heavy atom. The number of rotatable bonds is 7. The summed E-state index contributed by atoms with van der Waals surface area (Å²) in [4.78, 5) is 21.6. The number of carbonyl (C=O) groups is 1. The van der Waals surface area contributed by atoms with Crippen molar-refractivity contribution in [2.24, 2.45) is 0 Å². The van der Waals surface area contributed by atoms with E-state index in [0.29, 0.717) is 5.76 Å². The molecule has 0 aliphatic carbocycles. The molecule has 0 radical (unpaired) electrons. The Kier molecular flexibility index (Phi) is 6.74. The summed E-state index contributed by atoms with van der Waals surface area (Å²) in [6, 6.07) is 23.9. The fourth-order valence-electron chi connectivity index (χ4n) is 4.12. The van der Waals surface area contributed by atoms with Gasteiger partial charge in [0.2, 0.25) is 0 Å². The average Bonchev–Trinajstić information content (AvgIpc) is 3.38. The van der Waals surface area contributed by atoms with E-state index in [1.54, 1.807) is 18.5 Å². The molecule has 1 amide bonds. The molecule has 0 spiro atoms. The fraction of sp³-hybridized carbons (Fsp3) is 0.222. The van der Waals surface area contributed by atoms with Gasteiger partial charge in [-0.3, -0.25) is 19.6 Å². The Morgan fingerprint density at radius 2 is 1.53 bits per heavy atom. The highest BCUT2D eigenvalue weighted by Gasteiger charge is 2.17. The molecule has 0 unspecified atom stereocenters. The zero-order valence-electron chi connectivity index (χ0n) is 18.9. The maximum atomic E-state index is 12.6. The summed E-state index contributed by atoms with van der Waals surface area (Å²) in [5.41, 5.74) is 4.34. The molecule has 7 heteroatoms. The van der Waals surface area contributed by atoms with Crippen LogP contribution >= 0.6 is 0 Å². The molecule has 3 heterocycles. The molecule has 172 valence electrons. The topological polar surface area (TPSA) is 74.5 Å². The van der Waals surface area contributed by atoms with Crippen molar-refractivity contribution in [3.8, 4) is 11.3 Å². The summed E-state index contributed by atoms with van der Waals surface area (Å²) in [6.07, 6.45) is 3.35. The molecule has 1 fully saturated rings. The lowest BCUT2D eigenvalue weighted by Gasteiger charge is -2.34. The van der Waals surface area contributed by atoms with Crippen LogP contribution in [-0.2, 0) is 13.1 Å². The first kappa shape index (κ1) is 22.0. The van der Waals surface area contributed by atoms with Gasteiger partial charge in [0.1, 0.15) is 0 Å². The van der Waals surface area contributed by atoms with E-state index in [4.69, 9.17) is 4.52 Å². The molecule has 0 atom stereocenters. The smallest absolute Gasteiger partial charge is 0.277 e. The highest BCUT2D eigenvalue weighted by molar-refractivity contribution is 6.03. The molecule has 34 heavy (non-hydrogen) atoms. The quantitative estimate of drug-likeness (QED) is 0.450. The van der Waals surface area contributed by atoms with E-state index in [0.717, 1.165) is 50.5 Å².